The van der Waals surface area contributed by atoms with Gasteiger partial charge in [0.2, 0.25) is 0 Å². The molecule has 5 atom stereocenters. The molecule has 2 fully saturated rings. The molecule has 0 bridgehead atoms. The van der Waals surface area contributed by atoms with Crippen molar-refractivity contribution in [1.29, 1.82) is 0 Å². The highest BCUT2D eigenvalue weighted by molar-refractivity contribution is 5.90. The van der Waals surface area contributed by atoms with Crippen LogP contribution in [0.2, 0.25) is 0 Å². The van der Waals surface area contributed by atoms with E-state index in [0.717, 1.165) is 38.5 Å². The molecule has 0 radical (unpaired) electrons. The first-order valence-electron chi connectivity index (χ1n) is 13.5. The van der Waals surface area contributed by atoms with Crippen LogP contribution < -0.4 is 0 Å². The van der Waals surface area contributed by atoms with E-state index in [0.29, 0.717) is 42.2 Å². The third-order valence-corrected chi connectivity index (χ3v) is 9.03. The van der Waals surface area contributed by atoms with Crippen molar-refractivity contribution < 1.29 is 9.59 Å². The smallest absolute Gasteiger partial charge is 0.137 e. The van der Waals surface area contributed by atoms with Crippen molar-refractivity contribution in [3.05, 3.63) is 24.8 Å². The van der Waals surface area contributed by atoms with Gasteiger partial charge in [-0.2, -0.15) is 0 Å². The van der Waals surface area contributed by atoms with Crippen molar-refractivity contribution in [1.82, 2.24) is 0 Å². The van der Waals surface area contributed by atoms with Crippen molar-refractivity contribution in [2.45, 2.75) is 112 Å². The van der Waals surface area contributed by atoms with E-state index >= 15 is 0 Å². The van der Waals surface area contributed by atoms with Gasteiger partial charge in [0, 0.05) is 24.7 Å². The molecule has 182 valence electrons. The number of rotatable bonds is 16. The van der Waals surface area contributed by atoms with Crippen molar-refractivity contribution >= 4 is 11.6 Å². The van der Waals surface area contributed by atoms with E-state index < -0.39 is 0 Å². The molecule has 0 heterocycles. The molecule has 0 spiro atoms. The summed E-state index contributed by atoms with van der Waals surface area (Å²) in [6.45, 7) is 19.3. The molecule has 0 aliphatic heterocycles. The number of ketones is 2. The lowest BCUT2D eigenvalue weighted by molar-refractivity contribution is -0.131. The van der Waals surface area contributed by atoms with E-state index in [-0.39, 0.29) is 23.2 Å². The van der Waals surface area contributed by atoms with Gasteiger partial charge in [-0.25, -0.2) is 0 Å². The maximum absolute atomic E-state index is 13.8. The Labute approximate surface area is 198 Å². The summed E-state index contributed by atoms with van der Waals surface area (Å²) in [5.74, 6) is 2.37. The van der Waals surface area contributed by atoms with Crippen LogP contribution in [0.3, 0.4) is 0 Å². The number of carbonyl (C=O) groups excluding carboxylic acids is 2. The Balaban J connectivity index is 2.13. The maximum Gasteiger partial charge on any atom is 0.137 e. The third-order valence-electron chi connectivity index (χ3n) is 9.03. The van der Waals surface area contributed by atoms with Crippen LogP contribution >= 0.6 is 0 Å². The Bertz CT molecular complexity index is 652. The Kier molecular flexibility index (Phi) is 10.4. The minimum atomic E-state index is -0.105. The molecule has 0 aromatic rings. The highest BCUT2D eigenvalue weighted by atomic mass is 16.1. The molecule has 2 saturated carbocycles. The molecule has 2 unspecified atom stereocenters. The molecule has 2 aliphatic rings. The second-order valence-corrected chi connectivity index (χ2v) is 11.5. The number of hydrogen-bond acceptors (Lipinski definition) is 2. The Hall–Kier alpha value is -1.18. The molecule has 2 nitrogen and oxygen atoms in total. The van der Waals surface area contributed by atoms with Gasteiger partial charge in [-0.3, -0.25) is 9.59 Å². The standard InChI is InChI=1S/C30H50O2/c1-8-11-12-16-21(4)24(15-9-2)19-28(32)25(29-26(10-3)30(29,6)7)20-27(31)22(5)23-17-13-14-18-23/h8,22-26,29H,1,4,9-20H2,2-3,5-7H3/t22-,24?,25+,26?,29-/m0/s1. The largest absolute Gasteiger partial charge is 0.299 e. The molecule has 32 heavy (non-hydrogen) atoms. The number of hydrogen-bond donors (Lipinski definition) is 0. The molecule has 0 N–H and O–H groups in total. The molecule has 0 saturated heterocycles. The normalized spacial score (nSPS) is 25.2. The molecule has 0 amide bonds. The van der Waals surface area contributed by atoms with Crippen molar-refractivity contribution in [2.24, 2.45) is 40.9 Å². The topological polar surface area (TPSA) is 34.1 Å². The van der Waals surface area contributed by atoms with Crippen LogP contribution in [0.5, 0.6) is 0 Å². The average molecular weight is 443 g/mol. The van der Waals surface area contributed by atoms with E-state index in [2.05, 4.69) is 47.8 Å². The minimum absolute atomic E-state index is 0.105. The summed E-state index contributed by atoms with van der Waals surface area (Å²) in [5, 5.41) is 0. The van der Waals surface area contributed by atoms with Crippen LogP contribution in [0.1, 0.15) is 112 Å². The van der Waals surface area contributed by atoms with Crippen LogP contribution in [0.4, 0.5) is 0 Å². The highest BCUT2D eigenvalue weighted by Gasteiger charge is 2.61. The number of Topliss-reactive ketones (excluding diaryl/α,β-unsaturated/α-hetero) is 2. The van der Waals surface area contributed by atoms with Gasteiger partial charge in [0.15, 0.2) is 0 Å². The Morgan fingerprint density at radius 2 is 1.75 bits per heavy atom. The lowest BCUT2D eigenvalue weighted by Gasteiger charge is -2.25. The van der Waals surface area contributed by atoms with Gasteiger partial charge in [-0.05, 0) is 67.6 Å². The molecule has 2 rings (SSSR count). The molecular weight excluding hydrogens is 392 g/mol. The van der Waals surface area contributed by atoms with Gasteiger partial charge in [0.05, 0.1) is 0 Å². The van der Waals surface area contributed by atoms with E-state index in [1.165, 1.54) is 31.3 Å². The van der Waals surface area contributed by atoms with E-state index in [4.69, 9.17) is 0 Å². The summed E-state index contributed by atoms with van der Waals surface area (Å²) in [5.41, 5.74) is 1.39. The van der Waals surface area contributed by atoms with Crippen LogP contribution in [-0.4, -0.2) is 11.6 Å². The fraction of sp³-hybridized carbons (Fsp3) is 0.800. The number of unbranched alkanes of at least 4 members (excludes halogenated alkanes) is 1. The average Bonchev–Trinajstić information content (AvgIpc) is 3.10. The molecule has 2 aliphatic carbocycles. The van der Waals surface area contributed by atoms with Gasteiger partial charge in [-0.1, -0.05) is 78.5 Å². The quantitative estimate of drug-likeness (QED) is 0.178. The zero-order valence-corrected chi connectivity index (χ0v) is 21.8. The fourth-order valence-corrected chi connectivity index (χ4v) is 6.80. The van der Waals surface area contributed by atoms with E-state index in [1.54, 1.807) is 0 Å². The first-order chi connectivity index (χ1) is 15.2. The molecule has 0 aromatic heterocycles. The van der Waals surface area contributed by atoms with Gasteiger partial charge < -0.3 is 0 Å². The zero-order chi connectivity index (χ0) is 23.9. The summed E-state index contributed by atoms with van der Waals surface area (Å²) >= 11 is 0. The first kappa shape index (κ1) is 27.1. The van der Waals surface area contributed by atoms with Gasteiger partial charge in [0.1, 0.15) is 11.6 Å². The van der Waals surface area contributed by atoms with Gasteiger partial charge in [0.25, 0.3) is 0 Å². The molecular formula is C30H50O2. The summed E-state index contributed by atoms with van der Waals surface area (Å²) < 4.78 is 0. The van der Waals surface area contributed by atoms with Crippen LogP contribution in [-0.2, 0) is 9.59 Å². The van der Waals surface area contributed by atoms with Crippen LogP contribution in [0.25, 0.3) is 0 Å². The highest BCUT2D eigenvalue weighted by Crippen LogP contribution is 2.64. The predicted molar refractivity (Wildman–Crippen MR) is 136 cm³/mol. The van der Waals surface area contributed by atoms with Crippen LogP contribution in [0, 0.1) is 40.9 Å². The first-order valence-corrected chi connectivity index (χ1v) is 13.5. The molecule has 2 heteroatoms. The van der Waals surface area contributed by atoms with Crippen molar-refractivity contribution in [3.63, 3.8) is 0 Å². The SMILES string of the molecule is C=CCCCC(=C)C(CCC)CC(=O)[C@@H](CC(=O)[C@@H](C)C1CCCC1)[C@H]1C(CC)C1(C)C. The predicted octanol–water partition coefficient (Wildman–Crippen LogP) is 8.36. The number of allylic oxidation sites excluding steroid dienone is 2. The lowest BCUT2D eigenvalue weighted by atomic mass is 9.78. The minimum Gasteiger partial charge on any atom is -0.299 e. The van der Waals surface area contributed by atoms with Crippen molar-refractivity contribution in [3.8, 4) is 0 Å². The Morgan fingerprint density at radius 3 is 2.28 bits per heavy atom. The van der Waals surface area contributed by atoms with Crippen molar-refractivity contribution in [2.75, 3.05) is 0 Å². The van der Waals surface area contributed by atoms with Gasteiger partial charge >= 0.3 is 0 Å². The monoisotopic (exact) mass is 442 g/mol. The summed E-state index contributed by atoms with van der Waals surface area (Å²) in [7, 11) is 0. The Morgan fingerprint density at radius 1 is 1.09 bits per heavy atom. The second kappa shape index (κ2) is 12.3. The summed E-state index contributed by atoms with van der Waals surface area (Å²) in [6.07, 6.45) is 14.1. The van der Waals surface area contributed by atoms with Gasteiger partial charge in [-0.15, -0.1) is 6.58 Å². The lowest BCUT2D eigenvalue weighted by Crippen LogP contribution is -2.29. The van der Waals surface area contributed by atoms with E-state index in [9.17, 15) is 9.59 Å². The summed E-state index contributed by atoms with van der Waals surface area (Å²) in [4.78, 5) is 27.1. The van der Waals surface area contributed by atoms with E-state index in [1.807, 2.05) is 6.08 Å². The van der Waals surface area contributed by atoms with Crippen LogP contribution in [0.15, 0.2) is 24.8 Å². The summed E-state index contributed by atoms with van der Waals surface area (Å²) in [6, 6.07) is 0. The molecule has 0 aromatic carbocycles. The third kappa shape index (κ3) is 6.67. The zero-order valence-electron chi connectivity index (χ0n) is 21.8. The number of carbonyl (C=O) groups is 2. The fourth-order valence-electron chi connectivity index (χ4n) is 6.80. The second-order valence-electron chi connectivity index (χ2n) is 11.5. The maximum atomic E-state index is 13.8.